The second kappa shape index (κ2) is 4.87. The Kier molecular flexibility index (Phi) is 4.40. The molecule has 0 atom stereocenters. The van der Waals surface area contributed by atoms with Crippen LogP contribution in [0.3, 0.4) is 0 Å². The first-order valence-corrected chi connectivity index (χ1v) is 4.71. The van der Waals surface area contributed by atoms with Gasteiger partial charge in [-0.15, -0.1) is 0 Å². The Bertz CT molecular complexity index is 390. The Labute approximate surface area is 84.1 Å². The summed E-state index contributed by atoms with van der Waals surface area (Å²) in [5.74, 6) is -1.57. The molecule has 0 unspecified atom stereocenters. The largest absolute Gasteiger partial charge is 0.396 e. The summed E-state index contributed by atoms with van der Waals surface area (Å²) >= 11 is 0. The van der Waals surface area contributed by atoms with Crippen molar-refractivity contribution in [1.82, 2.24) is 0 Å². The standard InChI is InChI=1S/C6H6F2N2.H2O4S/c7-3-1-4(8)6(10)2-5(3)9;1-5(2,3)4/h1-2H,9-10H2;(H2,1,2,3,4). The minimum atomic E-state index is -4.67. The third kappa shape index (κ3) is 6.60. The van der Waals surface area contributed by atoms with Gasteiger partial charge in [0.05, 0.1) is 11.4 Å². The first-order chi connectivity index (χ1) is 6.61. The van der Waals surface area contributed by atoms with Gasteiger partial charge in [0, 0.05) is 6.07 Å². The molecule has 0 aliphatic heterocycles. The second-order valence-electron chi connectivity index (χ2n) is 2.34. The van der Waals surface area contributed by atoms with E-state index >= 15 is 0 Å². The molecule has 1 rings (SSSR count). The minimum absolute atomic E-state index is 0.140. The molecule has 0 amide bonds. The molecule has 6 nitrogen and oxygen atoms in total. The van der Waals surface area contributed by atoms with Crippen molar-refractivity contribution in [3.63, 3.8) is 0 Å². The van der Waals surface area contributed by atoms with E-state index in [-0.39, 0.29) is 11.4 Å². The summed E-state index contributed by atoms with van der Waals surface area (Å²) in [4.78, 5) is 0. The van der Waals surface area contributed by atoms with Gasteiger partial charge in [-0.2, -0.15) is 8.42 Å². The molecule has 1 aromatic rings. The summed E-state index contributed by atoms with van der Waals surface area (Å²) in [6, 6.07) is 1.70. The van der Waals surface area contributed by atoms with E-state index in [2.05, 4.69) is 0 Å². The zero-order valence-corrected chi connectivity index (χ0v) is 8.00. The molecular formula is C6H8F2N2O4S. The smallest absolute Gasteiger partial charge is 0.394 e. The quantitative estimate of drug-likeness (QED) is 0.387. The van der Waals surface area contributed by atoms with E-state index in [1.54, 1.807) is 0 Å². The van der Waals surface area contributed by atoms with Crippen LogP contribution in [0.1, 0.15) is 0 Å². The molecule has 0 radical (unpaired) electrons. The van der Waals surface area contributed by atoms with Crippen molar-refractivity contribution < 1.29 is 26.3 Å². The minimum Gasteiger partial charge on any atom is -0.396 e. The Hall–Kier alpha value is -1.45. The van der Waals surface area contributed by atoms with Gasteiger partial charge < -0.3 is 11.5 Å². The Morgan fingerprint density at radius 3 is 1.47 bits per heavy atom. The monoisotopic (exact) mass is 242 g/mol. The lowest BCUT2D eigenvalue weighted by Gasteiger charge is -1.98. The molecule has 6 N–H and O–H groups in total. The highest BCUT2D eigenvalue weighted by Crippen LogP contribution is 2.17. The molecule has 0 spiro atoms. The first-order valence-electron chi connectivity index (χ1n) is 3.31. The van der Waals surface area contributed by atoms with Gasteiger partial charge in [-0.25, -0.2) is 8.78 Å². The predicted octanol–water partition coefficient (Wildman–Crippen LogP) is 0.476. The molecule has 0 aliphatic rings. The van der Waals surface area contributed by atoms with E-state index in [0.717, 1.165) is 6.07 Å². The van der Waals surface area contributed by atoms with Crippen LogP contribution in [0, 0.1) is 11.6 Å². The summed E-state index contributed by atoms with van der Waals surface area (Å²) in [6.45, 7) is 0. The number of nitrogens with two attached hydrogens (primary N) is 2. The molecule has 0 bridgehead atoms. The van der Waals surface area contributed by atoms with Crippen LogP contribution in [-0.4, -0.2) is 17.5 Å². The van der Waals surface area contributed by atoms with E-state index in [0.29, 0.717) is 6.07 Å². The topological polar surface area (TPSA) is 127 Å². The fraction of sp³-hybridized carbons (Fsp3) is 0. The van der Waals surface area contributed by atoms with Crippen molar-refractivity contribution in [2.75, 3.05) is 11.5 Å². The molecule has 0 saturated heterocycles. The van der Waals surface area contributed by atoms with Crippen molar-refractivity contribution in [2.45, 2.75) is 0 Å². The van der Waals surface area contributed by atoms with Gasteiger partial charge in [-0.3, -0.25) is 9.11 Å². The van der Waals surface area contributed by atoms with Gasteiger partial charge in [0.15, 0.2) is 0 Å². The zero-order valence-electron chi connectivity index (χ0n) is 7.18. The van der Waals surface area contributed by atoms with Gasteiger partial charge in [0.25, 0.3) is 0 Å². The normalized spacial score (nSPS) is 10.4. The molecule has 0 saturated carbocycles. The Balaban J connectivity index is 0.000000336. The predicted molar refractivity (Wildman–Crippen MR) is 49.4 cm³/mol. The van der Waals surface area contributed by atoms with Crippen molar-refractivity contribution in [3.8, 4) is 0 Å². The van der Waals surface area contributed by atoms with E-state index in [9.17, 15) is 8.78 Å². The number of nitrogen functional groups attached to an aromatic ring is 2. The average molecular weight is 242 g/mol. The van der Waals surface area contributed by atoms with Crippen molar-refractivity contribution in [1.29, 1.82) is 0 Å². The average Bonchev–Trinajstić information content (AvgIpc) is 1.98. The summed E-state index contributed by atoms with van der Waals surface area (Å²) in [7, 11) is -4.67. The van der Waals surface area contributed by atoms with Crippen LogP contribution in [0.4, 0.5) is 20.2 Å². The summed E-state index contributed by atoms with van der Waals surface area (Å²) in [5.41, 5.74) is 9.86. The van der Waals surface area contributed by atoms with Gasteiger partial charge >= 0.3 is 10.4 Å². The number of benzene rings is 1. The van der Waals surface area contributed by atoms with Crippen molar-refractivity contribution >= 4 is 21.8 Å². The fourth-order valence-corrected chi connectivity index (χ4v) is 0.583. The molecule has 0 fully saturated rings. The molecule has 1 aromatic carbocycles. The highest BCUT2D eigenvalue weighted by atomic mass is 32.3. The summed E-state index contributed by atoms with van der Waals surface area (Å²) in [5, 5.41) is 0. The molecule has 9 heteroatoms. The maximum absolute atomic E-state index is 12.3. The fourth-order valence-electron chi connectivity index (χ4n) is 0.583. The van der Waals surface area contributed by atoms with Gasteiger partial charge in [-0.05, 0) is 6.07 Å². The SMILES string of the molecule is Nc1cc(N)c(F)cc1F.O=S(=O)(O)O. The van der Waals surface area contributed by atoms with Crippen LogP contribution in [-0.2, 0) is 10.4 Å². The third-order valence-electron chi connectivity index (χ3n) is 1.12. The van der Waals surface area contributed by atoms with Crippen LogP contribution in [0.2, 0.25) is 0 Å². The third-order valence-corrected chi connectivity index (χ3v) is 1.12. The first kappa shape index (κ1) is 13.5. The van der Waals surface area contributed by atoms with Gasteiger partial charge in [0.1, 0.15) is 11.6 Å². The van der Waals surface area contributed by atoms with Crippen molar-refractivity contribution in [2.24, 2.45) is 0 Å². The summed E-state index contributed by atoms with van der Waals surface area (Å²) < 4.78 is 56.3. The van der Waals surface area contributed by atoms with Crippen LogP contribution < -0.4 is 11.5 Å². The lowest BCUT2D eigenvalue weighted by atomic mass is 10.2. The zero-order chi connectivity index (χ0) is 12.2. The van der Waals surface area contributed by atoms with Gasteiger partial charge in [0.2, 0.25) is 0 Å². The highest BCUT2D eigenvalue weighted by molar-refractivity contribution is 7.79. The van der Waals surface area contributed by atoms with Crippen molar-refractivity contribution in [3.05, 3.63) is 23.8 Å². The van der Waals surface area contributed by atoms with E-state index in [1.165, 1.54) is 0 Å². The van der Waals surface area contributed by atoms with Crippen LogP contribution in [0.15, 0.2) is 12.1 Å². The molecular weight excluding hydrogens is 234 g/mol. The summed E-state index contributed by atoms with van der Waals surface area (Å²) in [6.07, 6.45) is 0. The van der Waals surface area contributed by atoms with E-state index < -0.39 is 22.0 Å². The van der Waals surface area contributed by atoms with Gasteiger partial charge in [-0.1, -0.05) is 0 Å². The van der Waals surface area contributed by atoms with E-state index in [1.807, 2.05) is 0 Å². The highest BCUT2D eigenvalue weighted by Gasteiger charge is 2.03. The number of hydrogen-bond donors (Lipinski definition) is 4. The Morgan fingerprint density at radius 1 is 1.00 bits per heavy atom. The maximum Gasteiger partial charge on any atom is 0.394 e. The number of hydrogen-bond acceptors (Lipinski definition) is 4. The molecule has 0 aliphatic carbocycles. The molecule has 86 valence electrons. The van der Waals surface area contributed by atoms with E-state index in [4.69, 9.17) is 29.0 Å². The Morgan fingerprint density at radius 2 is 1.27 bits per heavy atom. The van der Waals surface area contributed by atoms with Crippen LogP contribution >= 0.6 is 0 Å². The number of halogens is 2. The number of anilines is 2. The number of rotatable bonds is 0. The molecule has 15 heavy (non-hydrogen) atoms. The molecule has 0 heterocycles. The van der Waals surface area contributed by atoms with Crippen LogP contribution in [0.25, 0.3) is 0 Å². The van der Waals surface area contributed by atoms with Crippen LogP contribution in [0.5, 0.6) is 0 Å². The maximum atomic E-state index is 12.3. The lowest BCUT2D eigenvalue weighted by Crippen LogP contribution is -1.96. The molecule has 0 aromatic heterocycles. The lowest BCUT2D eigenvalue weighted by molar-refractivity contribution is 0.381. The second-order valence-corrected chi connectivity index (χ2v) is 3.24.